The van der Waals surface area contributed by atoms with E-state index in [1.165, 1.54) is 11.0 Å². The lowest BCUT2D eigenvalue weighted by Gasteiger charge is -2.13. The van der Waals surface area contributed by atoms with Gasteiger partial charge in [0.25, 0.3) is 11.8 Å². The number of carbonyl (C=O) groups is 2. The molecule has 1 aromatic carbocycles. The third-order valence-corrected chi connectivity index (χ3v) is 4.54. The Hall–Kier alpha value is -3.58. The van der Waals surface area contributed by atoms with Crippen LogP contribution >= 0.6 is 0 Å². The fourth-order valence-electron chi connectivity index (χ4n) is 2.93. The van der Waals surface area contributed by atoms with Crippen LogP contribution in [0.15, 0.2) is 36.4 Å². The number of hydrogen-bond acceptors (Lipinski definition) is 5. The Labute approximate surface area is 175 Å². The first-order valence-corrected chi connectivity index (χ1v) is 9.10. The monoisotopic (exact) mass is 433 g/mol. The molecule has 10 heteroatoms. The Morgan fingerprint density at radius 3 is 2.71 bits per heavy atom. The Bertz CT molecular complexity index is 1090. The summed E-state index contributed by atoms with van der Waals surface area (Å²) in [6.45, 7) is -1.16. The SMILES string of the molecule is CN1CCC(O)(C#Cc2cccc(-c3cc(OCC(F)(F)F)cc(C(N)=O)n3)c2)C1=O. The molecule has 0 aliphatic carbocycles. The fourth-order valence-corrected chi connectivity index (χ4v) is 2.93. The van der Waals surface area contributed by atoms with Crippen LogP contribution in [0.4, 0.5) is 13.2 Å². The molecule has 0 radical (unpaired) electrons. The van der Waals surface area contributed by atoms with E-state index in [1.54, 1.807) is 31.3 Å². The second-order valence-corrected chi connectivity index (χ2v) is 7.01. The van der Waals surface area contributed by atoms with Crippen molar-refractivity contribution in [3.63, 3.8) is 0 Å². The first-order chi connectivity index (χ1) is 14.5. The Balaban J connectivity index is 1.93. The zero-order valence-corrected chi connectivity index (χ0v) is 16.4. The van der Waals surface area contributed by atoms with Gasteiger partial charge in [0.15, 0.2) is 6.61 Å². The molecule has 31 heavy (non-hydrogen) atoms. The fraction of sp³-hybridized carbons (Fsp3) is 0.286. The van der Waals surface area contributed by atoms with Crippen LogP contribution in [0.1, 0.15) is 22.5 Å². The smallest absolute Gasteiger partial charge is 0.422 e. The van der Waals surface area contributed by atoms with Crippen molar-refractivity contribution in [2.24, 2.45) is 5.73 Å². The summed E-state index contributed by atoms with van der Waals surface area (Å²) in [5, 5.41) is 10.4. The highest BCUT2D eigenvalue weighted by atomic mass is 19.4. The number of amides is 2. The minimum absolute atomic E-state index is 0.146. The number of hydrogen-bond donors (Lipinski definition) is 2. The van der Waals surface area contributed by atoms with Gasteiger partial charge in [0.05, 0.1) is 5.69 Å². The van der Waals surface area contributed by atoms with Crippen LogP contribution in [-0.4, -0.2) is 58.8 Å². The summed E-state index contributed by atoms with van der Waals surface area (Å²) in [7, 11) is 1.57. The summed E-state index contributed by atoms with van der Waals surface area (Å²) >= 11 is 0. The number of benzene rings is 1. The highest BCUT2D eigenvalue weighted by molar-refractivity contribution is 5.92. The molecule has 2 aromatic rings. The summed E-state index contributed by atoms with van der Waals surface area (Å²) in [4.78, 5) is 29.0. The van der Waals surface area contributed by atoms with Crippen LogP contribution in [0.5, 0.6) is 5.75 Å². The molecule has 0 spiro atoms. The van der Waals surface area contributed by atoms with Crippen molar-refractivity contribution in [2.75, 3.05) is 20.2 Å². The second-order valence-electron chi connectivity index (χ2n) is 7.01. The lowest BCUT2D eigenvalue weighted by Crippen LogP contribution is -2.37. The molecule has 162 valence electrons. The third-order valence-electron chi connectivity index (χ3n) is 4.54. The molecule has 1 saturated heterocycles. The van der Waals surface area contributed by atoms with E-state index in [0.717, 1.165) is 6.07 Å². The van der Waals surface area contributed by atoms with E-state index in [0.29, 0.717) is 17.7 Å². The molecular weight excluding hydrogens is 415 g/mol. The summed E-state index contributed by atoms with van der Waals surface area (Å²) < 4.78 is 42.2. The number of rotatable bonds is 4. The van der Waals surface area contributed by atoms with Crippen molar-refractivity contribution in [2.45, 2.75) is 18.2 Å². The zero-order valence-electron chi connectivity index (χ0n) is 16.4. The lowest BCUT2D eigenvalue weighted by atomic mass is 10.0. The highest BCUT2D eigenvalue weighted by Gasteiger charge is 2.42. The molecule has 1 aliphatic rings. The first-order valence-electron chi connectivity index (χ1n) is 9.10. The van der Waals surface area contributed by atoms with Crippen LogP contribution < -0.4 is 10.5 Å². The van der Waals surface area contributed by atoms with E-state index in [1.807, 2.05) is 0 Å². The molecule has 2 heterocycles. The average Bonchev–Trinajstić information content (AvgIpc) is 2.98. The van der Waals surface area contributed by atoms with Gasteiger partial charge in [-0.15, -0.1) is 0 Å². The Morgan fingerprint density at radius 2 is 2.10 bits per heavy atom. The van der Waals surface area contributed by atoms with Gasteiger partial charge in [-0.1, -0.05) is 24.0 Å². The largest absolute Gasteiger partial charge is 0.484 e. The number of likely N-dealkylation sites (tertiary alicyclic amines) is 1. The molecule has 1 atom stereocenters. The van der Waals surface area contributed by atoms with Crippen molar-refractivity contribution in [3.8, 4) is 28.8 Å². The molecule has 3 N–H and O–H groups in total. The van der Waals surface area contributed by atoms with Crippen molar-refractivity contribution in [1.29, 1.82) is 0 Å². The zero-order chi connectivity index (χ0) is 22.8. The highest BCUT2D eigenvalue weighted by Crippen LogP contribution is 2.26. The van der Waals surface area contributed by atoms with Crippen molar-refractivity contribution in [1.82, 2.24) is 9.88 Å². The number of aliphatic hydroxyl groups is 1. The normalized spacial score (nSPS) is 18.5. The second kappa shape index (κ2) is 8.28. The molecule has 1 aliphatic heterocycles. The molecule has 0 saturated carbocycles. The Kier molecular flexibility index (Phi) is 5.90. The molecule has 0 bridgehead atoms. The summed E-state index contributed by atoms with van der Waals surface area (Å²) in [6, 6.07) is 8.67. The van der Waals surface area contributed by atoms with E-state index in [-0.39, 0.29) is 23.6 Å². The van der Waals surface area contributed by atoms with Gasteiger partial charge in [-0.2, -0.15) is 13.2 Å². The van der Waals surface area contributed by atoms with Crippen LogP contribution in [0.3, 0.4) is 0 Å². The Morgan fingerprint density at radius 1 is 1.35 bits per heavy atom. The number of aromatic nitrogens is 1. The number of nitrogens with zero attached hydrogens (tertiary/aromatic N) is 2. The summed E-state index contributed by atoms with van der Waals surface area (Å²) in [6.07, 6.45) is -4.38. The predicted molar refractivity (Wildman–Crippen MR) is 104 cm³/mol. The topological polar surface area (TPSA) is 106 Å². The lowest BCUT2D eigenvalue weighted by molar-refractivity contribution is -0.153. The van der Waals surface area contributed by atoms with Gasteiger partial charge < -0.3 is 20.5 Å². The van der Waals surface area contributed by atoms with E-state index in [4.69, 9.17) is 10.5 Å². The van der Waals surface area contributed by atoms with E-state index < -0.39 is 30.2 Å². The van der Waals surface area contributed by atoms with E-state index >= 15 is 0 Å². The molecular formula is C21H18F3N3O4. The van der Waals surface area contributed by atoms with E-state index in [2.05, 4.69) is 16.8 Å². The van der Waals surface area contributed by atoms with Gasteiger partial charge in [0, 0.05) is 43.3 Å². The van der Waals surface area contributed by atoms with Gasteiger partial charge >= 0.3 is 6.18 Å². The van der Waals surface area contributed by atoms with Crippen LogP contribution in [0.2, 0.25) is 0 Å². The number of nitrogens with two attached hydrogens (primary N) is 1. The molecule has 2 amide bonds. The quantitative estimate of drug-likeness (QED) is 0.715. The number of ether oxygens (including phenoxy) is 1. The minimum Gasteiger partial charge on any atom is -0.484 e. The van der Waals surface area contributed by atoms with Gasteiger partial charge in [-0.05, 0) is 12.1 Å². The van der Waals surface area contributed by atoms with Gasteiger partial charge in [-0.25, -0.2) is 4.98 Å². The number of carbonyl (C=O) groups excluding carboxylic acids is 2. The van der Waals surface area contributed by atoms with Crippen LogP contribution in [-0.2, 0) is 4.79 Å². The van der Waals surface area contributed by atoms with Crippen molar-refractivity contribution in [3.05, 3.63) is 47.7 Å². The predicted octanol–water partition coefficient (Wildman–Crippen LogP) is 1.73. The summed E-state index contributed by atoms with van der Waals surface area (Å²) in [5.74, 6) is 3.68. The minimum atomic E-state index is -4.56. The van der Waals surface area contributed by atoms with Gasteiger partial charge in [0.2, 0.25) is 5.60 Å². The van der Waals surface area contributed by atoms with Gasteiger partial charge in [-0.3, -0.25) is 9.59 Å². The van der Waals surface area contributed by atoms with Crippen molar-refractivity contribution >= 4 is 11.8 Å². The summed E-state index contributed by atoms with van der Waals surface area (Å²) in [5.41, 5.74) is 4.20. The van der Waals surface area contributed by atoms with Crippen LogP contribution in [0, 0.1) is 11.8 Å². The maximum atomic E-state index is 12.5. The maximum absolute atomic E-state index is 12.5. The van der Waals surface area contributed by atoms with E-state index in [9.17, 15) is 27.9 Å². The van der Waals surface area contributed by atoms with Crippen molar-refractivity contribution < 1.29 is 32.6 Å². The van der Waals surface area contributed by atoms with Crippen LogP contribution in [0.25, 0.3) is 11.3 Å². The average molecular weight is 433 g/mol. The molecule has 1 unspecified atom stereocenters. The molecule has 1 aromatic heterocycles. The number of pyridine rings is 1. The van der Waals surface area contributed by atoms with Gasteiger partial charge in [0.1, 0.15) is 11.4 Å². The third kappa shape index (κ3) is 5.32. The number of alkyl halides is 3. The number of likely N-dealkylation sites (N-methyl/N-ethyl adjacent to an activating group) is 1. The first kappa shape index (κ1) is 22.1. The molecule has 3 rings (SSSR count). The number of halogens is 3. The molecule has 1 fully saturated rings. The molecule has 7 nitrogen and oxygen atoms in total. The standard InChI is InChI=1S/C21H18F3N3O4/c1-27-8-7-20(30,19(27)29)6-5-13-3-2-4-14(9-13)16-10-15(31-12-21(22,23)24)11-17(26-16)18(25)28/h2-4,9-11,30H,7-8,12H2,1H3,(H2,25,28). The maximum Gasteiger partial charge on any atom is 0.422 e. The number of primary amides is 1.